The van der Waals surface area contributed by atoms with Crippen LogP contribution in [0.5, 0.6) is 5.75 Å². The number of benzene rings is 1. The third kappa shape index (κ3) is 5.62. The molecule has 0 bridgehead atoms. The van der Waals surface area contributed by atoms with E-state index in [1.165, 1.54) is 0 Å². The Hall–Kier alpha value is -1.06. The van der Waals surface area contributed by atoms with Crippen molar-refractivity contribution in [1.29, 1.82) is 0 Å². The third-order valence-corrected chi connectivity index (χ3v) is 3.19. The molecule has 0 radical (unpaired) electrons. The summed E-state index contributed by atoms with van der Waals surface area (Å²) in [6.07, 6.45) is 1.14. The lowest BCUT2D eigenvalue weighted by atomic mass is 9.96. The van der Waals surface area contributed by atoms with Crippen LogP contribution in [0.4, 0.5) is 0 Å². The van der Waals surface area contributed by atoms with Crippen LogP contribution in [0, 0.1) is 0 Å². The molecule has 1 N–H and O–H groups in total. The standard InChI is InChI=1S/C16H26O3/c1-12(2)19-14-8-6-7-13(11-14)15(17)9-10-16(3,4)18-5/h6-8,11-12,15,17H,9-10H2,1-5H3. The first-order chi connectivity index (χ1) is 8.84. The van der Waals surface area contributed by atoms with Gasteiger partial charge < -0.3 is 14.6 Å². The second-order valence-corrected chi connectivity index (χ2v) is 5.76. The third-order valence-electron chi connectivity index (χ3n) is 3.19. The first-order valence-electron chi connectivity index (χ1n) is 6.84. The van der Waals surface area contributed by atoms with Gasteiger partial charge in [-0.3, -0.25) is 0 Å². The summed E-state index contributed by atoms with van der Waals surface area (Å²) in [6.45, 7) is 8.03. The van der Waals surface area contributed by atoms with Gasteiger partial charge in [0.1, 0.15) is 5.75 Å². The van der Waals surface area contributed by atoms with E-state index < -0.39 is 6.10 Å². The molecule has 0 aromatic heterocycles. The topological polar surface area (TPSA) is 38.7 Å². The van der Waals surface area contributed by atoms with Crippen LogP contribution < -0.4 is 4.74 Å². The summed E-state index contributed by atoms with van der Waals surface area (Å²) in [7, 11) is 1.70. The predicted octanol–water partition coefficient (Wildman–Crippen LogP) is 3.71. The van der Waals surface area contributed by atoms with Gasteiger partial charge in [-0.25, -0.2) is 0 Å². The van der Waals surface area contributed by atoms with Crippen molar-refractivity contribution in [2.45, 2.75) is 58.3 Å². The Labute approximate surface area is 116 Å². The van der Waals surface area contributed by atoms with Crippen molar-refractivity contribution in [2.24, 2.45) is 0 Å². The Morgan fingerprint density at radius 1 is 1.26 bits per heavy atom. The fraction of sp³-hybridized carbons (Fsp3) is 0.625. The molecule has 0 aliphatic heterocycles. The molecule has 0 amide bonds. The fourth-order valence-electron chi connectivity index (χ4n) is 1.82. The molecule has 0 saturated heterocycles. The summed E-state index contributed by atoms with van der Waals surface area (Å²) in [5.74, 6) is 0.803. The summed E-state index contributed by atoms with van der Waals surface area (Å²) >= 11 is 0. The van der Waals surface area contributed by atoms with Crippen molar-refractivity contribution in [3.8, 4) is 5.75 Å². The second-order valence-electron chi connectivity index (χ2n) is 5.76. The highest BCUT2D eigenvalue weighted by Gasteiger charge is 2.19. The minimum Gasteiger partial charge on any atom is -0.491 e. The fourth-order valence-corrected chi connectivity index (χ4v) is 1.82. The van der Waals surface area contributed by atoms with Gasteiger partial charge in [0.2, 0.25) is 0 Å². The quantitative estimate of drug-likeness (QED) is 0.817. The van der Waals surface area contributed by atoms with E-state index in [1.54, 1.807) is 7.11 Å². The number of aliphatic hydroxyl groups is 1. The van der Waals surface area contributed by atoms with Crippen LogP contribution in [-0.4, -0.2) is 23.9 Å². The van der Waals surface area contributed by atoms with E-state index in [0.717, 1.165) is 17.7 Å². The monoisotopic (exact) mass is 266 g/mol. The predicted molar refractivity (Wildman–Crippen MR) is 77.5 cm³/mol. The van der Waals surface area contributed by atoms with Crippen LogP contribution in [-0.2, 0) is 4.74 Å². The van der Waals surface area contributed by atoms with E-state index in [-0.39, 0.29) is 11.7 Å². The number of rotatable bonds is 7. The number of aliphatic hydroxyl groups excluding tert-OH is 1. The smallest absolute Gasteiger partial charge is 0.120 e. The van der Waals surface area contributed by atoms with Gasteiger partial charge in [-0.15, -0.1) is 0 Å². The molecular weight excluding hydrogens is 240 g/mol. The van der Waals surface area contributed by atoms with Crippen molar-refractivity contribution < 1.29 is 14.6 Å². The average Bonchev–Trinajstić information content (AvgIpc) is 2.35. The zero-order valence-electron chi connectivity index (χ0n) is 12.6. The zero-order valence-corrected chi connectivity index (χ0v) is 12.6. The molecule has 1 aromatic rings. The van der Waals surface area contributed by atoms with Gasteiger partial charge in [0, 0.05) is 7.11 Å². The average molecular weight is 266 g/mol. The molecule has 0 fully saturated rings. The summed E-state index contributed by atoms with van der Waals surface area (Å²) < 4.78 is 11.0. The number of hydrogen-bond acceptors (Lipinski definition) is 3. The summed E-state index contributed by atoms with van der Waals surface area (Å²) in [5, 5.41) is 10.2. The van der Waals surface area contributed by atoms with E-state index >= 15 is 0 Å². The maximum absolute atomic E-state index is 10.2. The number of methoxy groups -OCH3 is 1. The number of ether oxygens (including phenoxy) is 2. The molecule has 0 aliphatic rings. The van der Waals surface area contributed by atoms with Gasteiger partial charge in [-0.2, -0.15) is 0 Å². The molecule has 0 heterocycles. The summed E-state index contributed by atoms with van der Waals surface area (Å²) in [5.41, 5.74) is 0.692. The van der Waals surface area contributed by atoms with Crippen LogP contribution in [0.2, 0.25) is 0 Å². The molecule has 3 nitrogen and oxygen atoms in total. The van der Waals surface area contributed by atoms with E-state index in [4.69, 9.17) is 9.47 Å². The second kappa shape index (κ2) is 6.92. The van der Waals surface area contributed by atoms with Gasteiger partial charge >= 0.3 is 0 Å². The minimum absolute atomic E-state index is 0.139. The zero-order chi connectivity index (χ0) is 14.5. The van der Waals surface area contributed by atoms with Crippen molar-refractivity contribution in [2.75, 3.05) is 7.11 Å². The molecule has 0 saturated carbocycles. The Kier molecular flexibility index (Phi) is 5.83. The van der Waals surface area contributed by atoms with Crippen LogP contribution >= 0.6 is 0 Å². The molecule has 1 atom stereocenters. The molecule has 108 valence electrons. The van der Waals surface area contributed by atoms with E-state index in [2.05, 4.69) is 0 Å². The van der Waals surface area contributed by atoms with E-state index in [1.807, 2.05) is 52.0 Å². The lowest BCUT2D eigenvalue weighted by Crippen LogP contribution is -2.23. The van der Waals surface area contributed by atoms with Crippen LogP contribution in [0.25, 0.3) is 0 Å². The first-order valence-corrected chi connectivity index (χ1v) is 6.84. The molecule has 3 heteroatoms. The Balaban J connectivity index is 2.64. The minimum atomic E-state index is -0.481. The normalized spacial score (nSPS) is 13.6. The Morgan fingerprint density at radius 2 is 1.95 bits per heavy atom. The maximum Gasteiger partial charge on any atom is 0.120 e. The SMILES string of the molecule is COC(C)(C)CCC(O)c1cccc(OC(C)C)c1. The van der Waals surface area contributed by atoms with Crippen LogP contribution in [0.15, 0.2) is 24.3 Å². The van der Waals surface area contributed by atoms with Crippen LogP contribution in [0.1, 0.15) is 52.2 Å². The molecule has 1 rings (SSSR count). The molecule has 1 unspecified atom stereocenters. The summed E-state index contributed by atoms with van der Waals surface area (Å²) in [6, 6.07) is 7.66. The van der Waals surface area contributed by atoms with Gasteiger partial charge in [0.25, 0.3) is 0 Å². The Bertz CT molecular complexity index is 385. The van der Waals surface area contributed by atoms with Crippen molar-refractivity contribution >= 4 is 0 Å². The highest BCUT2D eigenvalue weighted by atomic mass is 16.5. The van der Waals surface area contributed by atoms with E-state index in [0.29, 0.717) is 6.42 Å². The van der Waals surface area contributed by atoms with Crippen molar-refractivity contribution in [3.05, 3.63) is 29.8 Å². The van der Waals surface area contributed by atoms with Gasteiger partial charge in [-0.05, 0) is 58.2 Å². The van der Waals surface area contributed by atoms with Crippen LogP contribution in [0.3, 0.4) is 0 Å². The molecular formula is C16H26O3. The molecule has 0 spiro atoms. The number of hydrogen-bond donors (Lipinski definition) is 1. The molecule has 19 heavy (non-hydrogen) atoms. The first kappa shape index (κ1) is 16.0. The highest BCUT2D eigenvalue weighted by Crippen LogP contribution is 2.26. The lowest BCUT2D eigenvalue weighted by molar-refractivity contribution is 0.00277. The van der Waals surface area contributed by atoms with Gasteiger partial charge in [-0.1, -0.05) is 12.1 Å². The summed E-state index contributed by atoms with van der Waals surface area (Å²) in [4.78, 5) is 0. The van der Waals surface area contributed by atoms with Gasteiger partial charge in [0.15, 0.2) is 0 Å². The van der Waals surface area contributed by atoms with Crippen molar-refractivity contribution in [3.63, 3.8) is 0 Å². The van der Waals surface area contributed by atoms with Gasteiger partial charge in [0.05, 0.1) is 17.8 Å². The van der Waals surface area contributed by atoms with Crippen molar-refractivity contribution in [1.82, 2.24) is 0 Å². The highest BCUT2D eigenvalue weighted by molar-refractivity contribution is 5.30. The molecule has 0 aliphatic carbocycles. The maximum atomic E-state index is 10.2. The Morgan fingerprint density at radius 3 is 2.53 bits per heavy atom. The lowest BCUT2D eigenvalue weighted by Gasteiger charge is -2.24. The largest absolute Gasteiger partial charge is 0.491 e. The molecule has 1 aromatic carbocycles. The van der Waals surface area contributed by atoms with E-state index in [9.17, 15) is 5.11 Å².